The van der Waals surface area contributed by atoms with Crippen LogP contribution in [0.15, 0.2) is 17.4 Å². The monoisotopic (exact) mass is 252 g/mol. The van der Waals surface area contributed by atoms with Gasteiger partial charge in [-0.05, 0) is 0 Å². The maximum atomic E-state index is 11.5. The fourth-order valence-electron chi connectivity index (χ4n) is 1.20. The highest BCUT2D eigenvalue weighted by molar-refractivity contribution is 7.80. The fourth-order valence-corrected chi connectivity index (χ4v) is 1.30. The normalized spacial score (nSPS) is 10.2. The number of nitrogens with two attached hydrogens (primary N) is 1. The van der Waals surface area contributed by atoms with Crippen molar-refractivity contribution in [2.24, 2.45) is 5.73 Å². The SMILES string of the molecule is COc1c(-n2cnc(C(N)=S)n2)nc[nH]c1=O. The molecule has 0 spiro atoms. The summed E-state index contributed by atoms with van der Waals surface area (Å²) in [5, 5.41) is 3.97. The van der Waals surface area contributed by atoms with Gasteiger partial charge >= 0.3 is 0 Å². The van der Waals surface area contributed by atoms with Crippen LogP contribution in [0.5, 0.6) is 5.75 Å². The first-order valence-corrected chi connectivity index (χ1v) is 4.88. The molecule has 0 aliphatic carbocycles. The van der Waals surface area contributed by atoms with Crippen LogP contribution in [0.25, 0.3) is 5.82 Å². The van der Waals surface area contributed by atoms with Crippen molar-refractivity contribution in [1.29, 1.82) is 0 Å². The van der Waals surface area contributed by atoms with Crippen molar-refractivity contribution in [3.8, 4) is 11.6 Å². The van der Waals surface area contributed by atoms with E-state index in [0.717, 1.165) is 0 Å². The number of ether oxygens (including phenoxy) is 1. The predicted molar refractivity (Wildman–Crippen MR) is 62.2 cm³/mol. The minimum Gasteiger partial charge on any atom is -0.488 e. The molecule has 88 valence electrons. The molecule has 0 saturated heterocycles. The average Bonchev–Trinajstić information content (AvgIpc) is 2.77. The molecule has 2 aromatic heterocycles. The van der Waals surface area contributed by atoms with E-state index in [1.165, 1.54) is 24.4 Å². The van der Waals surface area contributed by atoms with Crippen LogP contribution < -0.4 is 16.0 Å². The summed E-state index contributed by atoms with van der Waals surface area (Å²) in [7, 11) is 1.36. The van der Waals surface area contributed by atoms with Crippen molar-refractivity contribution in [3.63, 3.8) is 0 Å². The molecule has 0 aromatic carbocycles. The third kappa shape index (κ3) is 1.99. The van der Waals surface area contributed by atoms with Crippen molar-refractivity contribution in [2.75, 3.05) is 7.11 Å². The van der Waals surface area contributed by atoms with Crippen LogP contribution in [0.1, 0.15) is 5.82 Å². The Balaban J connectivity index is 2.56. The van der Waals surface area contributed by atoms with Crippen molar-refractivity contribution < 1.29 is 4.74 Å². The summed E-state index contributed by atoms with van der Waals surface area (Å²) in [4.78, 5) is 21.7. The highest BCUT2D eigenvalue weighted by Crippen LogP contribution is 2.12. The zero-order chi connectivity index (χ0) is 12.4. The fraction of sp³-hybridized carbons (Fsp3) is 0.125. The molecule has 0 fully saturated rings. The Morgan fingerprint density at radius 1 is 1.59 bits per heavy atom. The lowest BCUT2D eigenvalue weighted by Crippen LogP contribution is -2.16. The van der Waals surface area contributed by atoms with E-state index in [4.69, 9.17) is 22.7 Å². The predicted octanol–water partition coefficient (Wildman–Crippen LogP) is -1.01. The second kappa shape index (κ2) is 4.29. The quantitative estimate of drug-likeness (QED) is 0.673. The molecule has 2 aromatic rings. The van der Waals surface area contributed by atoms with E-state index in [9.17, 15) is 4.79 Å². The number of nitrogens with zero attached hydrogens (tertiary/aromatic N) is 4. The molecule has 0 aliphatic rings. The van der Waals surface area contributed by atoms with Gasteiger partial charge in [-0.2, -0.15) is 4.68 Å². The molecular formula is C8H8N6O2S. The number of aromatic amines is 1. The lowest BCUT2D eigenvalue weighted by atomic mass is 10.5. The Hall–Kier alpha value is -2.29. The molecule has 2 rings (SSSR count). The summed E-state index contributed by atoms with van der Waals surface area (Å²) in [6, 6.07) is 0. The highest BCUT2D eigenvalue weighted by atomic mass is 32.1. The van der Waals surface area contributed by atoms with Crippen molar-refractivity contribution in [1.82, 2.24) is 24.7 Å². The first-order chi connectivity index (χ1) is 8.13. The van der Waals surface area contributed by atoms with E-state index in [0.29, 0.717) is 0 Å². The second-order valence-electron chi connectivity index (χ2n) is 2.97. The van der Waals surface area contributed by atoms with Crippen molar-refractivity contribution >= 4 is 17.2 Å². The van der Waals surface area contributed by atoms with E-state index < -0.39 is 5.56 Å². The van der Waals surface area contributed by atoms with E-state index in [2.05, 4.69) is 20.1 Å². The van der Waals surface area contributed by atoms with Gasteiger partial charge in [0, 0.05) is 0 Å². The number of hydrogen-bond donors (Lipinski definition) is 2. The maximum absolute atomic E-state index is 11.5. The molecule has 0 atom stereocenters. The topological polar surface area (TPSA) is 112 Å². The zero-order valence-electron chi connectivity index (χ0n) is 8.75. The van der Waals surface area contributed by atoms with Crippen molar-refractivity contribution in [2.45, 2.75) is 0 Å². The minimum absolute atomic E-state index is 0.0342. The van der Waals surface area contributed by atoms with Gasteiger partial charge in [0.15, 0.2) is 0 Å². The molecule has 0 bridgehead atoms. The van der Waals surface area contributed by atoms with Gasteiger partial charge in [0.2, 0.25) is 17.4 Å². The molecule has 3 N–H and O–H groups in total. The Morgan fingerprint density at radius 2 is 2.35 bits per heavy atom. The van der Waals surface area contributed by atoms with E-state index in [1.54, 1.807) is 0 Å². The molecule has 0 saturated carbocycles. The van der Waals surface area contributed by atoms with Crippen LogP contribution in [0.3, 0.4) is 0 Å². The second-order valence-corrected chi connectivity index (χ2v) is 3.41. The Bertz CT molecular complexity index is 618. The number of hydrogen-bond acceptors (Lipinski definition) is 6. The van der Waals surface area contributed by atoms with E-state index in [-0.39, 0.29) is 22.4 Å². The third-order valence-corrected chi connectivity index (χ3v) is 2.11. The van der Waals surface area contributed by atoms with Gasteiger partial charge in [-0.25, -0.2) is 9.97 Å². The van der Waals surface area contributed by atoms with Crippen LogP contribution in [0, 0.1) is 0 Å². The van der Waals surface area contributed by atoms with Gasteiger partial charge in [0.05, 0.1) is 13.4 Å². The van der Waals surface area contributed by atoms with Crippen LogP contribution in [-0.4, -0.2) is 36.8 Å². The number of methoxy groups -OCH3 is 1. The Morgan fingerprint density at radius 3 is 2.94 bits per heavy atom. The molecule has 17 heavy (non-hydrogen) atoms. The molecule has 0 amide bonds. The number of rotatable bonds is 3. The maximum Gasteiger partial charge on any atom is 0.295 e. The summed E-state index contributed by atoms with van der Waals surface area (Å²) in [6.07, 6.45) is 2.58. The molecule has 0 radical (unpaired) electrons. The summed E-state index contributed by atoms with van der Waals surface area (Å²) < 4.78 is 6.21. The summed E-state index contributed by atoms with van der Waals surface area (Å²) in [6.45, 7) is 0. The van der Waals surface area contributed by atoms with Gasteiger partial charge in [-0.3, -0.25) is 4.79 Å². The number of H-pyrrole nitrogens is 1. The highest BCUT2D eigenvalue weighted by Gasteiger charge is 2.13. The summed E-state index contributed by atoms with van der Waals surface area (Å²) in [5.74, 6) is 0.447. The molecule has 8 nitrogen and oxygen atoms in total. The van der Waals surface area contributed by atoms with Gasteiger partial charge in [0.25, 0.3) is 5.56 Å². The first kappa shape index (κ1) is 11.2. The van der Waals surface area contributed by atoms with Gasteiger partial charge in [0.1, 0.15) is 11.3 Å². The van der Waals surface area contributed by atoms with Gasteiger partial charge < -0.3 is 15.5 Å². The summed E-state index contributed by atoms with van der Waals surface area (Å²) in [5.41, 5.74) is 4.97. The van der Waals surface area contributed by atoms with Crippen LogP contribution >= 0.6 is 12.2 Å². The number of nitrogens with one attached hydrogen (secondary N) is 1. The molecule has 2 heterocycles. The zero-order valence-corrected chi connectivity index (χ0v) is 9.56. The molecule has 9 heteroatoms. The molecular weight excluding hydrogens is 244 g/mol. The standard InChI is InChI=1S/C8H8N6O2S/c1-16-4-7(10-2-11-8(4)15)14-3-12-6(13-14)5(9)17/h2-3H,1H3,(H2,9,17)(H,10,11,15). The minimum atomic E-state index is -0.412. The van der Waals surface area contributed by atoms with Gasteiger partial charge in [-0.1, -0.05) is 12.2 Å². The first-order valence-electron chi connectivity index (χ1n) is 4.47. The lowest BCUT2D eigenvalue weighted by molar-refractivity contribution is 0.402. The van der Waals surface area contributed by atoms with Crippen molar-refractivity contribution in [3.05, 3.63) is 28.8 Å². The van der Waals surface area contributed by atoms with Crippen LogP contribution in [0.4, 0.5) is 0 Å². The number of aromatic nitrogens is 5. The summed E-state index contributed by atoms with van der Waals surface area (Å²) >= 11 is 4.73. The largest absolute Gasteiger partial charge is 0.488 e. The Kier molecular flexibility index (Phi) is 2.83. The smallest absolute Gasteiger partial charge is 0.295 e. The van der Waals surface area contributed by atoms with E-state index >= 15 is 0 Å². The molecule has 0 unspecified atom stereocenters. The average molecular weight is 252 g/mol. The van der Waals surface area contributed by atoms with E-state index in [1.807, 2.05) is 0 Å². The number of thiocarbonyl (C=S) groups is 1. The lowest BCUT2D eigenvalue weighted by Gasteiger charge is -2.04. The molecule has 0 aliphatic heterocycles. The van der Waals surface area contributed by atoms with Gasteiger partial charge in [-0.15, -0.1) is 5.10 Å². The van der Waals surface area contributed by atoms with Crippen LogP contribution in [0.2, 0.25) is 0 Å². The van der Waals surface area contributed by atoms with Crippen LogP contribution in [-0.2, 0) is 0 Å². The Labute approximate surface area is 100 Å². The third-order valence-electron chi connectivity index (χ3n) is 1.93.